The van der Waals surface area contributed by atoms with E-state index in [4.69, 9.17) is 10.7 Å². The van der Waals surface area contributed by atoms with Crippen molar-refractivity contribution in [3.8, 4) is 0 Å². The smallest absolute Gasteiger partial charge is 0.129 e. The molecule has 1 aromatic heterocycles. The molecule has 2 bridgehead atoms. The molecule has 3 aromatic rings. The second-order valence-electron chi connectivity index (χ2n) is 8.99. The van der Waals surface area contributed by atoms with E-state index in [0.29, 0.717) is 12.6 Å². The summed E-state index contributed by atoms with van der Waals surface area (Å²) in [6.45, 7) is 4.06. The van der Waals surface area contributed by atoms with E-state index >= 15 is 0 Å². The van der Waals surface area contributed by atoms with E-state index in [-0.39, 0.29) is 6.04 Å². The van der Waals surface area contributed by atoms with Gasteiger partial charge in [0.15, 0.2) is 0 Å². The number of aryl methyl sites for hydroxylation is 1. The first-order valence-electron chi connectivity index (χ1n) is 11.5. The molecule has 1 unspecified atom stereocenters. The fourth-order valence-corrected chi connectivity index (χ4v) is 5.07. The first-order chi connectivity index (χ1) is 14.7. The van der Waals surface area contributed by atoms with Crippen molar-refractivity contribution >= 4 is 22.4 Å². The molecule has 0 radical (unpaired) electrons. The van der Waals surface area contributed by atoms with Gasteiger partial charge in [0.05, 0.1) is 5.52 Å². The zero-order valence-electron chi connectivity index (χ0n) is 17.8. The number of anilines is 2. The summed E-state index contributed by atoms with van der Waals surface area (Å²) < 4.78 is 0. The number of nitrogens with one attached hydrogen (secondary N) is 1. The SMILES string of the molecule is CCc1ccc(NCC(N)c2ccc3nc(N4CC5CCC4CC5)ccc3c2)cc1. The Morgan fingerprint density at radius 1 is 1.03 bits per heavy atom. The molecular weight excluding hydrogens is 368 g/mol. The quantitative estimate of drug-likeness (QED) is 0.590. The van der Waals surface area contributed by atoms with E-state index in [2.05, 4.69) is 71.7 Å². The zero-order chi connectivity index (χ0) is 20.5. The van der Waals surface area contributed by atoms with Crippen molar-refractivity contribution in [3.05, 3.63) is 65.7 Å². The van der Waals surface area contributed by atoms with Crippen molar-refractivity contribution in [3.63, 3.8) is 0 Å². The monoisotopic (exact) mass is 400 g/mol. The summed E-state index contributed by atoms with van der Waals surface area (Å²) in [5.41, 5.74) is 11.2. The molecule has 4 nitrogen and oxygen atoms in total. The summed E-state index contributed by atoms with van der Waals surface area (Å²) in [4.78, 5) is 7.54. The van der Waals surface area contributed by atoms with Crippen LogP contribution < -0.4 is 16.0 Å². The molecule has 2 aliphatic heterocycles. The number of hydrogen-bond acceptors (Lipinski definition) is 4. The molecule has 2 saturated heterocycles. The van der Waals surface area contributed by atoms with Crippen molar-refractivity contribution < 1.29 is 0 Å². The standard InChI is InChI=1S/C26H32N4/c1-2-18-3-9-22(10-4-18)28-16-24(27)20-7-13-25-21(15-20)8-14-26(29-25)30-17-19-5-11-23(30)12-6-19/h3-4,7-10,13-15,19,23-24,28H,2,5-6,11-12,16-17,27H2,1H3. The topological polar surface area (TPSA) is 54.2 Å². The lowest BCUT2D eigenvalue weighted by atomic mass is 9.80. The summed E-state index contributed by atoms with van der Waals surface area (Å²) in [6, 6.07) is 20.1. The Labute approximate surface area is 179 Å². The molecule has 6 rings (SSSR count). The number of aromatic nitrogens is 1. The van der Waals surface area contributed by atoms with Gasteiger partial charge < -0.3 is 16.0 Å². The van der Waals surface area contributed by atoms with Crippen LogP contribution in [0.1, 0.15) is 49.8 Å². The third-order valence-corrected chi connectivity index (χ3v) is 7.02. The van der Waals surface area contributed by atoms with E-state index in [1.165, 1.54) is 43.2 Å². The second kappa shape index (κ2) is 8.27. The van der Waals surface area contributed by atoms with E-state index < -0.39 is 0 Å². The number of fused-ring (bicyclic) bond motifs is 4. The Hall–Kier alpha value is -2.59. The molecule has 0 amide bonds. The number of benzene rings is 2. The van der Waals surface area contributed by atoms with Crippen LogP contribution in [0.4, 0.5) is 11.5 Å². The van der Waals surface area contributed by atoms with E-state index in [1.54, 1.807) is 0 Å². The second-order valence-corrected chi connectivity index (χ2v) is 8.99. The third kappa shape index (κ3) is 3.89. The first-order valence-corrected chi connectivity index (χ1v) is 11.5. The van der Waals surface area contributed by atoms with Crippen molar-refractivity contribution in [1.29, 1.82) is 0 Å². The molecule has 1 saturated carbocycles. The van der Waals surface area contributed by atoms with Crippen LogP contribution in [0, 0.1) is 5.92 Å². The van der Waals surface area contributed by atoms with Crippen LogP contribution in [-0.4, -0.2) is 24.1 Å². The number of nitrogens with zero attached hydrogens (tertiary/aromatic N) is 2. The van der Waals surface area contributed by atoms with Crippen LogP contribution in [0.2, 0.25) is 0 Å². The zero-order valence-corrected chi connectivity index (χ0v) is 17.8. The molecule has 3 heterocycles. The van der Waals surface area contributed by atoms with Gasteiger partial charge in [0.1, 0.15) is 5.82 Å². The lowest BCUT2D eigenvalue weighted by Gasteiger charge is -2.46. The van der Waals surface area contributed by atoms with Crippen LogP contribution in [-0.2, 0) is 6.42 Å². The first kappa shape index (κ1) is 19.4. The Kier molecular flexibility index (Phi) is 5.34. The van der Waals surface area contributed by atoms with Gasteiger partial charge >= 0.3 is 0 Å². The lowest BCUT2D eigenvalue weighted by Crippen LogP contribution is -2.48. The van der Waals surface area contributed by atoms with Gasteiger partial charge in [-0.15, -0.1) is 0 Å². The molecule has 3 aliphatic rings. The van der Waals surface area contributed by atoms with E-state index in [9.17, 15) is 0 Å². The third-order valence-electron chi connectivity index (χ3n) is 7.02. The fourth-order valence-electron chi connectivity index (χ4n) is 5.07. The van der Waals surface area contributed by atoms with Crippen LogP contribution in [0.5, 0.6) is 0 Å². The Morgan fingerprint density at radius 3 is 2.53 bits per heavy atom. The summed E-state index contributed by atoms with van der Waals surface area (Å²) >= 11 is 0. The maximum absolute atomic E-state index is 6.49. The number of rotatable bonds is 6. The molecule has 156 valence electrons. The molecular formula is C26H32N4. The number of piperidine rings is 2. The summed E-state index contributed by atoms with van der Waals surface area (Å²) in [7, 11) is 0. The molecule has 30 heavy (non-hydrogen) atoms. The Bertz CT molecular complexity index is 1010. The van der Waals surface area contributed by atoms with Crippen LogP contribution >= 0.6 is 0 Å². The van der Waals surface area contributed by atoms with Crippen molar-refractivity contribution in [2.75, 3.05) is 23.3 Å². The summed E-state index contributed by atoms with van der Waals surface area (Å²) in [6.07, 6.45) is 6.50. The van der Waals surface area contributed by atoms with Gasteiger partial charge in [0, 0.05) is 36.2 Å². The van der Waals surface area contributed by atoms with Gasteiger partial charge in [-0.2, -0.15) is 0 Å². The average molecular weight is 401 g/mol. The lowest BCUT2D eigenvalue weighted by molar-refractivity contribution is 0.251. The summed E-state index contributed by atoms with van der Waals surface area (Å²) in [5.74, 6) is 2.00. The van der Waals surface area contributed by atoms with Crippen molar-refractivity contribution in [2.45, 2.75) is 51.1 Å². The fraction of sp³-hybridized carbons (Fsp3) is 0.423. The number of pyridine rings is 1. The molecule has 2 aromatic carbocycles. The van der Waals surface area contributed by atoms with Gasteiger partial charge in [0.25, 0.3) is 0 Å². The van der Waals surface area contributed by atoms with Crippen molar-refractivity contribution in [2.24, 2.45) is 11.7 Å². The van der Waals surface area contributed by atoms with Gasteiger partial charge in [-0.25, -0.2) is 4.98 Å². The maximum Gasteiger partial charge on any atom is 0.129 e. The highest BCUT2D eigenvalue weighted by atomic mass is 15.2. The predicted octanol–water partition coefficient (Wildman–Crippen LogP) is 5.29. The van der Waals surface area contributed by atoms with E-state index in [0.717, 1.165) is 34.9 Å². The highest BCUT2D eigenvalue weighted by molar-refractivity contribution is 5.81. The largest absolute Gasteiger partial charge is 0.383 e. The molecule has 1 atom stereocenters. The van der Waals surface area contributed by atoms with Gasteiger partial charge in [0.2, 0.25) is 0 Å². The normalized spacial score (nSPS) is 21.7. The van der Waals surface area contributed by atoms with Gasteiger partial charge in [-0.3, -0.25) is 0 Å². The molecule has 3 fully saturated rings. The molecule has 1 aliphatic carbocycles. The van der Waals surface area contributed by atoms with E-state index in [1.807, 2.05) is 0 Å². The Morgan fingerprint density at radius 2 is 1.83 bits per heavy atom. The van der Waals surface area contributed by atoms with Gasteiger partial charge in [-0.1, -0.05) is 25.1 Å². The molecule has 3 N–H and O–H groups in total. The van der Waals surface area contributed by atoms with Crippen LogP contribution in [0.3, 0.4) is 0 Å². The van der Waals surface area contributed by atoms with Gasteiger partial charge in [-0.05, 0) is 85.5 Å². The highest BCUT2D eigenvalue weighted by Gasteiger charge is 2.34. The highest BCUT2D eigenvalue weighted by Crippen LogP contribution is 2.37. The minimum Gasteiger partial charge on any atom is -0.383 e. The minimum atomic E-state index is -0.0576. The minimum absolute atomic E-state index is 0.0576. The Balaban J connectivity index is 1.28. The number of hydrogen-bond donors (Lipinski definition) is 2. The summed E-state index contributed by atoms with van der Waals surface area (Å²) in [5, 5.41) is 4.63. The average Bonchev–Trinajstić information content (AvgIpc) is 2.83. The number of nitrogens with two attached hydrogens (primary N) is 1. The molecule has 0 spiro atoms. The van der Waals surface area contributed by atoms with Crippen LogP contribution in [0.25, 0.3) is 10.9 Å². The maximum atomic E-state index is 6.49. The predicted molar refractivity (Wildman–Crippen MR) is 126 cm³/mol. The molecule has 4 heteroatoms. The van der Waals surface area contributed by atoms with Crippen molar-refractivity contribution in [1.82, 2.24) is 4.98 Å². The van der Waals surface area contributed by atoms with Crippen LogP contribution in [0.15, 0.2) is 54.6 Å².